The molecule has 0 radical (unpaired) electrons. The Hall–Kier alpha value is -1.34. The largest absolute Gasteiger partial charge is 0.417 e. The van der Waals surface area contributed by atoms with Gasteiger partial charge < -0.3 is 15.4 Å². The van der Waals surface area contributed by atoms with Crippen LogP contribution in [-0.2, 0) is 10.9 Å². The van der Waals surface area contributed by atoms with Crippen LogP contribution in [0, 0.1) is 0 Å². The average Bonchev–Trinajstić information content (AvgIpc) is 2.38. The van der Waals surface area contributed by atoms with Gasteiger partial charge in [-0.2, -0.15) is 13.2 Å². The number of morpholine rings is 1. The molecular formula is C12H13F3N2OS. The summed E-state index contributed by atoms with van der Waals surface area (Å²) >= 11 is 4.66. The Morgan fingerprint density at radius 3 is 2.42 bits per heavy atom. The van der Waals surface area contributed by atoms with Crippen LogP contribution in [0.1, 0.15) is 11.1 Å². The van der Waals surface area contributed by atoms with Crippen molar-refractivity contribution < 1.29 is 17.9 Å². The standard InChI is InChI=1S/C12H13F3N2OS/c13-12(14,15)10-7-8(1-2-9(10)11(16)19)17-3-5-18-6-4-17/h1-2,7H,3-6H2,(H2,16,19). The second-order valence-electron chi connectivity index (χ2n) is 4.19. The number of hydrogen-bond donors (Lipinski definition) is 1. The predicted octanol–water partition coefficient (Wildman–Crippen LogP) is 2.18. The number of thiocarbonyl (C=S) groups is 1. The van der Waals surface area contributed by atoms with E-state index in [-0.39, 0.29) is 10.6 Å². The molecule has 2 rings (SSSR count). The molecule has 1 aromatic carbocycles. The van der Waals surface area contributed by atoms with E-state index in [2.05, 4.69) is 12.2 Å². The van der Waals surface area contributed by atoms with Crippen LogP contribution in [0.25, 0.3) is 0 Å². The number of alkyl halides is 3. The van der Waals surface area contributed by atoms with Crippen LogP contribution in [0.4, 0.5) is 18.9 Å². The lowest BCUT2D eigenvalue weighted by molar-refractivity contribution is -0.137. The molecule has 0 amide bonds. The van der Waals surface area contributed by atoms with Crippen LogP contribution >= 0.6 is 12.2 Å². The van der Waals surface area contributed by atoms with E-state index in [0.717, 1.165) is 6.07 Å². The Balaban J connectivity index is 2.40. The normalized spacial score (nSPS) is 16.5. The molecule has 1 aromatic rings. The molecular weight excluding hydrogens is 277 g/mol. The first-order valence-corrected chi connectivity index (χ1v) is 6.14. The van der Waals surface area contributed by atoms with Gasteiger partial charge in [-0.25, -0.2) is 0 Å². The molecule has 0 atom stereocenters. The summed E-state index contributed by atoms with van der Waals surface area (Å²) in [5.41, 5.74) is 4.92. The van der Waals surface area contributed by atoms with Crippen molar-refractivity contribution in [1.29, 1.82) is 0 Å². The van der Waals surface area contributed by atoms with E-state index in [4.69, 9.17) is 10.5 Å². The molecule has 0 aromatic heterocycles. The Bertz CT molecular complexity index is 484. The van der Waals surface area contributed by atoms with Crippen LogP contribution < -0.4 is 10.6 Å². The lowest BCUT2D eigenvalue weighted by Gasteiger charge is -2.29. The van der Waals surface area contributed by atoms with Gasteiger partial charge in [0.15, 0.2) is 0 Å². The number of anilines is 1. The number of halogens is 3. The van der Waals surface area contributed by atoms with Gasteiger partial charge in [0.2, 0.25) is 0 Å². The fourth-order valence-electron chi connectivity index (χ4n) is 2.00. The summed E-state index contributed by atoms with van der Waals surface area (Å²) in [6, 6.07) is 4.03. The van der Waals surface area contributed by atoms with E-state index in [0.29, 0.717) is 32.0 Å². The first-order chi connectivity index (χ1) is 8.89. The van der Waals surface area contributed by atoms with Gasteiger partial charge in [0, 0.05) is 24.3 Å². The van der Waals surface area contributed by atoms with Gasteiger partial charge in [0.05, 0.1) is 18.8 Å². The summed E-state index contributed by atoms with van der Waals surface area (Å²) < 4.78 is 44.2. The fourth-order valence-corrected chi connectivity index (χ4v) is 2.18. The van der Waals surface area contributed by atoms with Crippen LogP contribution in [0.15, 0.2) is 18.2 Å². The predicted molar refractivity (Wildman–Crippen MR) is 70.4 cm³/mol. The smallest absolute Gasteiger partial charge is 0.389 e. The lowest BCUT2D eigenvalue weighted by atomic mass is 10.1. The molecule has 19 heavy (non-hydrogen) atoms. The summed E-state index contributed by atoms with van der Waals surface area (Å²) in [4.78, 5) is 1.60. The maximum Gasteiger partial charge on any atom is 0.417 e. The first kappa shape index (κ1) is 14.1. The van der Waals surface area contributed by atoms with Crippen LogP contribution in [0.5, 0.6) is 0 Å². The van der Waals surface area contributed by atoms with Crippen molar-refractivity contribution >= 4 is 22.9 Å². The van der Waals surface area contributed by atoms with Crippen molar-refractivity contribution in [3.05, 3.63) is 29.3 Å². The Morgan fingerprint density at radius 1 is 1.26 bits per heavy atom. The van der Waals surface area contributed by atoms with Crippen molar-refractivity contribution in [2.45, 2.75) is 6.18 Å². The van der Waals surface area contributed by atoms with Crippen LogP contribution in [0.3, 0.4) is 0 Å². The van der Waals surface area contributed by atoms with E-state index in [1.807, 2.05) is 4.90 Å². The minimum Gasteiger partial charge on any atom is -0.389 e. The second kappa shape index (κ2) is 5.34. The van der Waals surface area contributed by atoms with Gasteiger partial charge in [-0.1, -0.05) is 12.2 Å². The summed E-state index contributed by atoms with van der Waals surface area (Å²) in [6.07, 6.45) is -4.47. The molecule has 0 saturated carbocycles. The zero-order chi connectivity index (χ0) is 14.0. The third-order valence-electron chi connectivity index (χ3n) is 2.95. The van der Waals surface area contributed by atoms with Gasteiger partial charge in [0.25, 0.3) is 0 Å². The van der Waals surface area contributed by atoms with Crippen molar-refractivity contribution in [3.8, 4) is 0 Å². The summed E-state index contributed by atoms with van der Waals surface area (Å²) in [5, 5.41) is 0. The molecule has 1 aliphatic rings. The first-order valence-electron chi connectivity index (χ1n) is 5.73. The van der Waals surface area contributed by atoms with Crippen LogP contribution in [0.2, 0.25) is 0 Å². The molecule has 1 fully saturated rings. The minimum atomic E-state index is -4.47. The summed E-state index contributed by atoms with van der Waals surface area (Å²) in [6.45, 7) is 2.17. The van der Waals surface area contributed by atoms with Gasteiger partial charge in [-0.15, -0.1) is 0 Å². The highest BCUT2D eigenvalue weighted by Gasteiger charge is 2.34. The highest BCUT2D eigenvalue weighted by Crippen LogP contribution is 2.34. The van der Waals surface area contributed by atoms with E-state index in [1.165, 1.54) is 6.07 Å². The zero-order valence-electron chi connectivity index (χ0n) is 10.0. The quantitative estimate of drug-likeness (QED) is 0.847. The number of rotatable bonds is 2. The number of benzene rings is 1. The van der Waals surface area contributed by atoms with E-state index < -0.39 is 11.7 Å². The van der Waals surface area contributed by atoms with Crippen molar-refractivity contribution in [1.82, 2.24) is 0 Å². The zero-order valence-corrected chi connectivity index (χ0v) is 10.9. The van der Waals surface area contributed by atoms with Crippen LogP contribution in [-0.4, -0.2) is 31.3 Å². The Kier molecular flexibility index (Phi) is 3.96. The van der Waals surface area contributed by atoms with Crippen molar-refractivity contribution in [3.63, 3.8) is 0 Å². The highest BCUT2D eigenvalue weighted by molar-refractivity contribution is 7.80. The second-order valence-corrected chi connectivity index (χ2v) is 4.63. The average molecular weight is 290 g/mol. The third kappa shape index (κ3) is 3.16. The summed E-state index contributed by atoms with van der Waals surface area (Å²) in [5.74, 6) is 0. The van der Waals surface area contributed by atoms with Crippen molar-refractivity contribution in [2.75, 3.05) is 31.2 Å². The highest BCUT2D eigenvalue weighted by atomic mass is 32.1. The molecule has 2 N–H and O–H groups in total. The topological polar surface area (TPSA) is 38.5 Å². The number of hydrogen-bond acceptors (Lipinski definition) is 3. The van der Waals surface area contributed by atoms with Gasteiger partial charge in [-0.3, -0.25) is 0 Å². The molecule has 7 heteroatoms. The Morgan fingerprint density at radius 2 is 1.89 bits per heavy atom. The van der Waals surface area contributed by atoms with Gasteiger partial charge in [-0.05, 0) is 18.2 Å². The van der Waals surface area contributed by atoms with E-state index >= 15 is 0 Å². The SMILES string of the molecule is NC(=S)c1ccc(N2CCOCC2)cc1C(F)(F)F. The maximum absolute atomic E-state index is 13.0. The maximum atomic E-state index is 13.0. The molecule has 1 heterocycles. The van der Waals surface area contributed by atoms with E-state index in [9.17, 15) is 13.2 Å². The molecule has 0 unspecified atom stereocenters. The monoisotopic (exact) mass is 290 g/mol. The van der Waals surface area contributed by atoms with Gasteiger partial charge in [0.1, 0.15) is 4.99 Å². The number of nitrogens with zero attached hydrogens (tertiary/aromatic N) is 1. The van der Waals surface area contributed by atoms with Crippen molar-refractivity contribution in [2.24, 2.45) is 5.73 Å². The summed E-state index contributed by atoms with van der Waals surface area (Å²) in [7, 11) is 0. The van der Waals surface area contributed by atoms with E-state index in [1.54, 1.807) is 6.07 Å². The molecule has 3 nitrogen and oxygen atoms in total. The molecule has 104 valence electrons. The lowest BCUT2D eigenvalue weighted by Crippen LogP contribution is -2.36. The Labute approximate surface area is 114 Å². The number of nitrogens with two attached hydrogens (primary N) is 1. The molecule has 0 spiro atoms. The minimum absolute atomic E-state index is 0.139. The third-order valence-corrected chi connectivity index (χ3v) is 3.17. The molecule has 0 bridgehead atoms. The molecule has 1 saturated heterocycles. The molecule has 0 aliphatic carbocycles. The fraction of sp³-hybridized carbons (Fsp3) is 0.417. The molecule has 1 aliphatic heterocycles. The number of ether oxygens (including phenoxy) is 1. The van der Waals surface area contributed by atoms with Gasteiger partial charge >= 0.3 is 6.18 Å².